The maximum Gasteiger partial charge on any atom is 0.332 e. The fraction of sp³-hybridized carbons (Fsp3) is 0.562. The highest BCUT2D eigenvalue weighted by molar-refractivity contribution is 5.72. The number of aliphatic carboxylic acids is 1. The number of aliphatic hydroxyl groups is 1. The molecule has 0 saturated carbocycles. The summed E-state index contributed by atoms with van der Waals surface area (Å²) in [4.78, 5) is 11.0. The molecule has 5 nitrogen and oxygen atoms in total. The molecule has 2 atom stereocenters. The predicted octanol–water partition coefficient (Wildman–Crippen LogP) is 2.57. The first kappa shape index (κ1) is 17.6. The summed E-state index contributed by atoms with van der Waals surface area (Å²) >= 11 is 0. The van der Waals surface area contributed by atoms with Crippen LogP contribution in [0.4, 0.5) is 0 Å². The second kappa shape index (κ2) is 10.3. The van der Waals surface area contributed by atoms with E-state index >= 15 is 0 Å². The minimum absolute atomic E-state index is 0.231. The number of rotatable bonds is 11. The summed E-state index contributed by atoms with van der Waals surface area (Å²) in [6.07, 6.45) is 0.380. The van der Waals surface area contributed by atoms with Crippen LogP contribution < -0.4 is 0 Å². The fourth-order valence-corrected chi connectivity index (χ4v) is 1.79. The van der Waals surface area contributed by atoms with Gasteiger partial charge in [0.05, 0.1) is 6.61 Å². The lowest BCUT2D eigenvalue weighted by Crippen LogP contribution is -2.26. The summed E-state index contributed by atoms with van der Waals surface area (Å²) in [7, 11) is 0. The second-order valence-electron chi connectivity index (χ2n) is 4.88. The lowest BCUT2D eigenvalue weighted by atomic mass is 10.2. The molecule has 0 spiro atoms. The molecule has 0 radical (unpaired) electrons. The largest absolute Gasteiger partial charge is 0.479 e. The van der Waals surface area contributed by atoms with Crippen molar-refractivity contribution in [2.45, 2.75) is 51.6 Å². The van der Waals surface area contributed by atoms with Crippen LogP contribution in [-0.4, -0.2) is 35.2 Å². The van der Waals surface area contributed by atoms with Crippen molar-refractivity contribution in [2.24, 2.45) is 0 Å². The molecule has 0 fully saturated rings. The van der Waals surface area contributed by atoms with Gasteiger partial charge < -0.3 is 19.7 Å². The van der Waals surface area contributed by atoms with Gasteiger partial charge in [0.2, 0.25) is 0 Å². The van der Waals surface area contributed by atoms with Crippen LogP contribution in [0.25, 0.3) is 0 Å². The number of hydrogen-bond donors (Lipinski definition) is 2. The highest BCUT2D eigenvalue weighted by atomic mass is 16.6. The Labute approximate surface area is 125 Å². The first-order valence-corrected chi connectivity index (χ1v) is 7.31. The van der Waals surface area contributed by atoms with Crippen LogP contribution in [0.3, 0.4) is 0 Å². The fourth-order valence-electron chi connectivity index (χ4n) is 1.79. The van der Waals surface area contributed by atoms with Crippen LogP contribution in [0.1, 0.15) is 38.2 Å². The molecule has 1 unspecified atom stereocenters. The van der Waals surface area contributed by atoms with Gasteiger partial charge in [0.15, 0.2) is 12.4 Å². The Morgan fingerprint density at radius 2 is 1.90 bits per heavy atom. The van der Waals surface area contributed by atoms with Gasteiger partial charge in [-0.25, -0.2) is 4.79 Å². The lowest BCUT2D eigenvalue weighted by Gasteiger charge is -2.16. The van der Waals surface area contributed by atoms with Crippen LogP contribution in [0.15, 0.2) is 30.3 Å². The lowest BCUT2D eigenvalue weighted by molar-refractivity contribution is -0.154. The van der Waals surface area contributed by atoms with Gasteiger partial charge in [0.25, 0.3) is 0 Å². The molecular weight excluding hydrogens is 272 g/mol. The summed E-state index contributed by atoms with van der Waals surface area (Å²) in [5, 5.41) is 18.8. The normalized spacial score (nSPS) is 13.8. The Morgan fingerprint density at radius 3 is 2.52 bits per heavy atom. The van der Waals surface area contributed by atoms with Crippen LogP contribution in [-0.2, 0) is 20.9 Å². The van der Waals surface area contributed by atoms with Crippen molar-refractivity contribution in [2.75, 3.05) is 6.61 Å². The molecular formula is C16H24O5. The van der Waals surface area contributed by atoms with Crippen molar-refractivity contribution in [1.29, 1.82) is 0 Å². The Balaban J connectivity index is 2.25. The van der Waals surface area contributed by atoms with Gasteiger partial charge in [-0.2, -0.15) is 0 Å². The maximum absolute atomic E-state index is 11.0. The molecule has 0 saturated heterocycles. The van der Waals surface area contributed by atoms with E-state index in [-0.39, 0.29) is 12.8 Å². The van der Waals surface area contributed by atoms with Gasteiger partial charge in [-0.3, -0.25) is 0 Å². The molecule has 118 valence electrons. The van der Waals surface area contributed by atoms with E-state index in [0.717, 1.165) is 18.4 Å². The van der Waals surface area contributed by atoms with Crippen molar-refractivity contribution < 1.29 is 24.5 Å². The highest BCUT2D eigenvalue weighted by Gasteiger charge is 2.19. The zero-order valence-electron chi connectivity index (χ0n) is 12.4. The van der Waals surface area contributed by atoms with E-state index in [1.165, 1.54) is 0 Å². The summed E-state index contributed by atoms with van der Waals surface area (Å²) in [5.74, 6) is -0.999. The van der Waals surface area contributed by atoms with E-state index in [1.807, 2.05) is 37.3 Å². The molecule has 1 aromatic carbocycles. The molecule has 0 aromatic heterocycles. The highest BCUT2D eigenvalue weighted by Crippen LogP contribution is 2.10. The Bertz CT molecular complexity index is 393. The maximum atomic E-state index is 11.0. The van der Waals surface area contributed by atoms with Crippen LogP contribution in [0.2, 0.25) is 0 Å². The molecule has 1 rings (SSSR count). The average Bonchev–Trinajstić information content (AvgIpc) is 2.49. The van der Waals surface area contributed by atoms with Crippen LogP contribution >= 0.6 is 0 Å². The molecule has 0 aliphatic rings. The first-order valence-electron chi connectivity index (χ1n) is 7.31. The number of ether oxygens (including phenoxy) is 2. The van der Waals surface area contributed by atoms with E-state index < -0.39 is 18.4 Å². The summed E-state index contributed by atoms with van der Waals surface area (Å²) < 4.78 is 10.6. The Morgan fingerprint density at radius 1 is 1.19 bits per heavy atom. The molecule has 0 aliphatic heterocycles. The van der Waals surface area contributed by atoms with Gasteiger partial charge in [-0.1, -0.05) is 43.7 Å². The van der Waals surface area contributed by atoms with Crippen molar-refractivity contribution in [3.63, 3.8) is 0 Å². The van der Waals surface area contributed by atoms with Gasteiger partial charge in [-0.05, 0) is 18.4 Å². The van der Waals surface area contributed by atoms with Crippen molar-refractivity contribution in [1.82, 2.24) is 0 Å². The van der Waals surface area contributed by atoms with Crippen LogP contribution in [0.5, 0.6) is 0 Å². The molecule has 2 N–H and O–H groups in total. The van der Waals surface area contributed by atoms with Gasteiger partial charge in [0, 0.05) is 13.0 Å². The average molecular weight is 296 g/mol. The third kappa shape index (κ3) is 7.80. The predicted molar refractivity (Wildman–Crippen MR) is 78.8 cm³/mol. The number of carbonyl (C=O) groups is 1. The third-order valence-electron chi connectivity index (χ3n) is 3.05. The van der Waals surface area contributed by atoms with E-state index in [2.05, 4.69) is 0 Å². The minimum Gasteiger partial charge on any atom is -0.479 e. The molecule has 0 bridgehead atoms. The smallest absolute Gasteiger partial charge is 0.332 e. The Kier molecular flexibility index (Phi) is 8.66. The first-order chi connectivity index (χ1) is 10.1. The third-order valence-corrected chi connectivity index (χ3v) is 3.05. The molecule has 0 heterocycles. The van der Waals surface area contributed by atoms with Gasteiger partial charge in [0.1, 0.15) is 0 Å². The monoisotopic (exact) mass is 296 g/mol. The second-order valence-corrected chi connectivity index (χ2v) is 4.88. The van der Waals surface area contributed by atoms with Gasteiger partial charge >= 0.3 is 5.97 Å². The van der Waals surface area contributed by atoms with E-state index in [4.69, 9.17) is 14.6 Å². The van der Waals surface area contributed by atoms with Crippen LogP contribution in [0, 0.1) is 0 Å². The van der Waals surface area contributed by atoms with E-state index in [1.54, 1.807) is 0 Å². The van der Waals surface area contributed by atoms with E-state index in [0.29, 0.717) is 13.2 Å². The SMILES string of the molecule is CCCCO[C@@H](CCC(O)OCc1ccccc1)C(=O)O. The number of carboxylic acids is 1. The number of carboxylic acid groups (broad SMARTS) is 1. The zero-order chi connectivity index (χ0) is 15.5. The molecule has 1 aromatic rings. The summed E-state index contributed by atoms with van der Waals surface area (Å²) in [5.41, 5.74) is 0.963. The number of aliphatic hydroxyl groups excluding tert-OH is 1. The Hall–Kier alpha value is -1.43. The number of hydrogen-bond acceptors (Lipinski definition) is 4. The zero-order valence-corrected chi connectivity index (χ0v) is 12.4. The van der Waals surface area contributed by atoms with Crippen molar-refractivity contribution in [3.8, 4) is 0 Å². The topological polar surface area (TPSA) is 76.0 Å². The molecule has 0 aliphatic carbocycles. The molecule has 21 heavy (non-hydrogen) atoms. The number of unbranched alkanes of at least 4 members (excludes halogenated alkanes) is 1. The minimum atomic E-state index is -0.999. The van der Waals surface area contributed by atoms with Crippen molar-refractivity contribution >= 4 is 5.97 Å². The summed E-state index contributed by atoms with van der Waals surface area (Å²) in [6.45, 7) is 2.74. The van der Waals surface area contributed by atoms with Crippen molar-refractivity contribution in [3.05, 3.63) is 35.9 Å². The quantitative estimate of drug-likeness (QED) is 0.485. The molecule has 5 heteroatoms. The molecule has 0 amide bonds. The standard InChI is InChI=1S/C16H24O5/c1-2-3-11-20-14(16(18)19)9-10-15(17)21-12-13-7-5-4-6-8-13/h4-8,14-15,17H,2-3,9-12H2,1H3,(H,18,19)/t14-,15?/m0/s1. The van der Waals surface area contributed by atoms with Gasteiger partial charge in [-0.15, -0.1) is 0 Å². The summed E-state index contributed by atoms with van der Waals surface area (Å²) in [6, 6.07) is 9.51. The number of benzene rings is 1. The van der Waals surface area contributed by atoms with E-state index in [9.17, 15) is 9.90 Å².